The molecule has 3 aliphatic rings. The van der Waals surface area contributed by atoms with Crippen LogP contribution in [-0.4, -0.2) is 113 Å². The number of methoxy groups -OCH3 is 2. The number of anilines is 1. The Bertz CT molecular complexity index is 1980. The molecule has 2 amide bonds. The van der Waals surface area contributed by atoms with E-state index >= 15 is 4.79 Å². The Balaban J connectivity index is 1.50. The average Bonchev–Trinajstić information content (AvgIpc) is 3.44. The number of carbonyl (C=O) groups is 2. The Kier molecular flexibility index (Phi) is 11.3. The molecule has 1 atom stereocenters. The van der Waals surface area contributed by atoms with Gasteiger partial charge >= 0.3 is 0 Å². The Morgan fingerprint density at radius 1 is 1.00 bits per heavy atom. The van der Waals surface area contributed by atoms with Gasteiger partial charge < -0.3 is 24.0 Å². The van der Waals surface area contributed by atoms with E-state index in [1.807, 2.05) is 6.92 Å². The first-order chi connectivity index (χ1) is 25.6. The van der Waals surface area contributed by atoms with Crippen molar-refractivity contribution in [2.24, 2.45) is 0 Å². The first-order valence-electron chi connectivity index (χ1n) is 18.3. The second kappa shape index (κ2) is 15.7. The predicted octanol–water partition coefficient (Wildman–Crippen LogP) is 3.97. The van der Waals surface area contributed by atoms with Crippen molar-refractivity contribution in [1.82, 2.24) is 19.7 Å². The third-order valence-electron chi connectivity index (χ3n) is 11.0. The lowest BCUT2D eigenvalue weighted by Gasteiger charge is -2.43. The Morgan fingerprint density at radius 3 is 2.28 bits per heavy atom. The van der Waals surface area contributed by atoms with Gasteiger partial charge in [-0.25, -0.2) is 17.7 Å². The molecule has 0 N–H and O–H groups in total. The number of hydrogen-bond donors (Lipinski definition) is 0. The molecule has 1 aromatic heterocycles. The van der Waals surface area contributed by atoms with Gasteiger partial charge in [0, 0.05) is 62.0 Å². The minimum atomic E-state index is -4.59. The topological polar surface area (TPSA) is 146 Å². The summed E-state index contributed by atoms with van der Waals surface area (Å²) in [6, 6.07) is 13.1. The van der Waals surface area contributed by atoms with Crippen LogP contribution in [0.15, 0.2) is 53.6 Å². The summed E-state index contributed by atoms with van der Waals surface area (Å²) in [4.78, 5) is 41.2. The SMILES string of the molecule is CCOc1ncccc1C1(CC(=O)N2CCN(C3CCN(CC)CC3)CC2)C(=O)N(S(=O)(=O)c2ccc(OC)cc2)c2cc(OC)c(C#N)c(CC)c21. The summed E-state index contributed by atoms with van der Waals surface area (Å²) in [6.45, 7) is 11.5. The molecule has 3 aliphatic heterocycles. The molecule has 53 heavy (non-hydrogen) atoms. The molecule has 0 saturated carbocycles. The number of nitrogens with zero attached hydrogens (tertiary/aromatic N) is 6. The Hall–Kier alpha value is -4.71. The highest BCUT2D eigenvalue weighted by Crippen LogP contribution is 2.55. The van der Waals surface area contributed by atoms with Crippen molar-refractivity contribution in [3.8, 4) is 23.4 Å². The van der Waals surface area contributed by atoms with Gasteiger partial charge in [-0.15, -0.1) is 0 Å². The van der Waals surface area contributed by atoms with Crippen molar-refractivity contribution in [3.63, 3.8) is 0 Å². The molecular weight excluding hydrogens is 697 g/mol. The number of aromatic nitrogens is 1. The summed E-state index contributed by atoms with van der Waals surface area (Å²) in [5.74, 6) is -0.515. The third-order valence-corrected chi connectivity index (χ3v) is 12.7. The van der Waals surface area contributed by atoms with Gasteiger partial charge in [-0.1, -0.05) is 19.9 Å². The highest BCUT2D eigenvalue weighted by molar-refractivity contribution is 7.93. The van der Waals surface area contributed by atoms with Crippen LogP contribution in [0.4, 0.5) is 5.69 Å². The number of likely N-dealkylation sites (tertiary alicyclic amines) is 1. The molecule has 2 saturated heterocycles. The maximum Gasteiger partial charge on any atom is 0.270 e. The summed E-state index contributed by atoms with van der Waals surface area (Å²) in [7, 11) is -1.73. The van der Waals surface area contributed by atoms with E-state index in [0.29, 0.717) is 43.5 Å². The number of nitriles is 1. The molecule has 6 rings (SSSR count). The van der Waals surface area contributed by atoms with Gasteiger partial charge in [0.15, 0.2) is 0 Å². The molecule has 3 aromatic rings. The van der Waals surface area contributed by atoms with Crippen molar-refractivity contribution < 1.29 is 32.2 Å². The molecule has 4 heterocycles. The second-order valence-corrected chi connectivity index (χ2v) is 15.3. The molecular formula is C39H48N6O7S. The van der Waals surface area contributed by atoms with Crippen LogP contribution in [0.5, 0.6) is 17.4 Å². The fraction of sp³-hybridized carbons (Fsp3) is 0.487. The van der Waals surface area contributed by atoms with Crippen molar-refractivity contribution in [2.45, 2.75) is 62.8 Å². The zero-order chi connectivity index (χ0) is 37.9. The fourth-order valence-corrected chi connectivity index (χ4v) is 9.67. The summed E-state index contributed by atoms with van der Waals surface area (Å²) >= 11 is 0. The number of benzene rings is 2. The molecule has 14 heteroatoms. The van der Waals surface area contributed by atoms with Crippen molar-refractivity contribution in [2.75, 3.05) is 70.9 Å². The molecule has 1 unspecified atom stereocenters. The largest absolute Gasteiger partial charge is 0.497 e. The molecule has 0 aliphatic carbocycles. The van der Waals surface area contributed by atoms with E-state index in [0.717, 1.165) is 36.8 Å². The molecule has 2 fully saturated rings. The van der Waals surface area contributed by atoms with E-state index in [-0.39, 0.29) is 57.8 Å². The van der Waals surface area contributed by atoms with Crippen molar-refractivity contribution >= 4 is 27.5 Å². The van der Waals surface area contributed by atoms with Crippen molar-refractivity contribution in [1.29, 1.82) is 5.26 Å². The van der Waals surface area contributed by atoms with E-state index in [9.17, 15) is 18.5 Å². The lowest BCUT2D eigenvalue weighted by atomic mass is 9.70. The van der Waals surface area contributed by atoms with Gasteiger partial charge in [0.2, 0.25) is 11.8 Å². The number of ether oxygens (including phenoxy) is 3. The standard InChI is InChI=1S/C39H48N6O7S/c1-6-30-31(26-40)34(51-5)24-33-36(30)39(32-10-9-17-41-37(32)52-8-3,38(47)45(33)53(48,49)29-13-11-28(50-4)12-14-29)25-35(46)44-22-20-43(21-23-44)27-15-18-42(7-2)19-16-27/h9-14,17,24,27H,6-8,15-16,18-23,25H2,1-5H3. The minimum absolute atomic E-state index is 0.0147. The minimum Gasteiger partial charge on any atom is -0.497 e. The smallest absolute Gasteiger partial charge is 0.270 e. The molecule has 0 bridgehead atoms. The molecule has 0 radical (unpaired) electrons. The maximum absolute atomic E-state index is 15.5. The first-order valence-corrected chi connectivity index (χ1v) is 19.7. The molecule has 282 valence electrons. The van der Waals surface area contributed by atoms with Crippen LogP contribution in [0.1, 0.15) is 62.3 Å². The maximum atomic E-state index is 15.5. The highest BCUT2D eigenvalue weighted by Gasteiger charge is 2.60. The zero-order valence-electron chi connectivity index (χ0n) is 31.1. The van der Waals surface area contributed by atoms with Gasteiger partial charge in [-0.05, 0) is 81.7 Å². The number of piperidine rings is 1. The Labute approximate surface area is 312 Å². The van der Waals surface area contributed by atoms with Gasteiger partial charge in [-0.2, -0.15) is 5.26 Å². The van der Waals surface area contributed by atoms with E-state index in [2.05, 4.69) is 27.8 Å². The second-order valence-electron chi connectivity index (χ2n) is 13.5. The zero-order valence-corrected chi connectivity index (χ0v) is 31.9. The summed E-state index contributed by atoms with van der Waals surface area (Å²) < 4.78 is 47.1. The predicted molar refractivity (Wildman–Crippen MR) is 199 cm³/mol. The number of fused-ring (bicyclic) bond motifs is 1. The van der Waals surface area contributed by atoms with Gasteiger partial charge in [0.25, 0.3) is 15.9 Å². The fourth-order valence-electron chi connectivity index (χ4n) is 8.20. The monoisotopic (exact) mass is 744 g/mol. The number of piperazine rings is 1. The first kappa shape index (κ1) is 38.0. The van der Waals surface area contributed by atoms with Crippen LogP contribution >= 0.6 is 0 Å². The van der Waals surface area contributed by atoms with E-state index in [4.69, 9.17) is 14.2 Å². The van der Waals surface area contributed by atoms with Crippen molar-refractivity contribution in [3.05, 3.63) is 70.9 Å². The number of pyridine rings is 1. The van der Waals surface area contributed by atoms with Gasteiger partial charge in [0.1, 0.15) is 23.0 Å². The van der Waals surface area contributed by atoms with E-state index in [1.54, 1.807) is 24.0 Å². The van der Waals surface area contributed by atoms with E-state index < -0.39 is 27.8 Å². The number of rotatable bonds is 12. The van der Waals surface area contributed by atoms with Crippen LogP contribution in [0.25, 0.3) is 0 Å². The normalized spacial score (nSPS) is 19.9. The Morgan fingerprint density at radius 2 is 1.70 bits per heavy atom. The van der Waals surface area contributed by atoms with E-state index in [1.165, 1.54) is 50.7 Å². The third kappa shape index (κ3) is 6.70. The molecule has 0 spiro atoms. The lowest BCUT2D eigenvalue weighted by molar-refractivity contribution is -0.137. The summed E-state index contributed by atoms with van der Waals surface area (Å²) in [5.41, 5.74) is -0.836. The number of carbonyl (C=O) groups excluding carboxylic acids is 2. The van der Waals surface area contributed by atoms with Crippen LogP contribution in [0.2, 0.25) is 0 Å². The van der Waals surface area contributed by atoms with Crippen LogP contribution < -0.4 is 18.5 Å². The van der Waals surface area contributed by atoms with Gasteiger partial charge in [-0.3, -0.25) is 14.5 Å². The summed E-state index contributed by atoms with van der Waals surface area (Å²) in [6.07, 6.45) is 3.52. The lowest BCUT2D eigenvalue weighted by Crippen LogP contribution is -2.55. The van der Waals surface area contributed by atoms with Crippen LogP contribution in [0, 0.1) is 11.3 Å². The summed E-state index contributed by atoms with van der Waals surface area (Å²) in [5, 5.41) is 10.5. The van der Waals surface area contributed by atoms with Crippen LogP contribution in [0.3, 0.4) is 0 Å². The average molecular weight is 745 g/mol. The van der Waals surface area contributed by atoms with Crippen LogP contribution in [-0.2, 0) is 31.4 Å². The molecule has 13 nitrogen and oxygen atoms in total. The molecule has 2 aromatic carbocycles. The number of hydrogen-bond acceptors (Lipinski definition) is 11. The quantitative estimate of drug-likeness (QED) is 0.266. The van der Waals surface area contributed by atoms with Gasteiger partial charge in [0.05, 0.1) is 37.0 Å². The number of amides is 2. The number of sulfonamides is 1. The highest BCUT2D eigenvalue weighted by atomic mass is 32.2.